The molecule has 5 heteroatoms. The average Bonchev–Trinajstić information content (AvgIpc) is 2.30. The van der Waals surface area contributed by atoms with E-state index in [1.165, 1.54) is 19.3 Å². The standard InChI is InChI=1S/C14H25F3O2/c1-3-4-5-6-7-8-9-10-11-12(18)13(2,19)14(15,16)17/h19H,3-11H2,1-2H3. The highest BCUT2D eigenvalue weighted by Gasteiger charge is 2.54. The van der Waals surface area contributed by atoms with Gasteiger partial charge in [-0.3, -0.25) is 4.79 Å². The van der Waals surface area contributed by atoms with E-state index in [2.05, 4.69) is 6.92 Å². The number of carbonyl (C=O) groups excluding carboxylic acids is 1. The quantitative estimate of drug-likeness (QED) is 0.603. The fraction of sp³-hybridized carbons (Fsp3) is 0.929. The van der Waals surface area contributed by atoms with Crippen molar-refractivity contribution in [3.63, 3.8) is 0 Å². The van der Waals surface area contributed by atoms with Crippen molar-refractivity contribution in [3.05, 3.63) is 0 Å². The third kappa shape index (κ3) is 6.95. The molecule has 1 atom stereocenters. The second-order valence-corrected chi connectivity index (χ2v) is 5.22. The minimum Gasteiger partial charge on any atom is -0.374 e. The predicted molar refractivity (Wildman–Crippen MR) is 68.9 cm³/mol. The van der Waals surface area contributed by atoms with Gasteiger partial charge in [0.25, 0.3) is 0 Å². The Hall–Kier alpha value is -0.580. The van der Waals surface area contributed by atoms with Gasteiger partial charge in [-0.05, 0) is 13.3 Å². The SMILES string of the molecule is CCCCCCCCCCC(=O)C(C)(O)C(F)(F)F. The number of hydrogen-bond acceptors (Lipinski definition) is 2. The lowest BCUT2D eigenvalue weighted by atomic mass is 9.95. The first-order valence-electron chi connectivity index (χ1n) is 7.06. The number of aliphatic hydroxyl groups is 1. The minimum absolute atomic E-state index is 0.207. The molecule has 0 aromatic carbocycles. The van der Waals surface area contributed by atoms with E-state index >= 15 is 0 Å². The Kier molecular flexibility index (Phi) is 8.30. The molecule has 1 N–H and O–H groups in total. The molecule has 0 aromatic rings. The van der Waals surface area contributed by atoms with E-state index in [0.29, 0.717) is 13.3 Å². The number of hydrogen-bond donors (Lipinski definition) is 1. The molecule has 0 rings (SSSR count). The summed E-state index contributed by atoms with van der Waals surface area (Å²) in [4.78, 5) is 11.3. The van der Waals surface area contributed by atoms with Crippen LogP contribution in [0.1, 0.15) is 71.6 Å². The van der Waals surface area contributed by atoms with Gasteiger partial charge < -0.3 is 5.11 Å². The van der Waals surface area contributed by atoms with Gasteiger partial charge in [-0.25, -0.2) is 0 Å². The molecule has 0 amide bonds. The van der Waals surface area contributed by atoms with Crippen molar-refractivity contribution in [2.45, 2.75) is 83.4 Å². The zero-order valence-corrected chi connectivity index (χ0v) is 11.9. The maximum Gasteiger partial charge on any atom is 0.424 e. The first kappa shape index (κ1) is 18.4. The van der Waals surface area contributed by atoms with Crippen LogP contribution in [-0.4, -0.2) is 22.7 Å². The molecule has 0 aliphatic rings. The lowest BCUT2D eigenvalue weighted by molar-refractivity contribution is -0.244. The molecule has 2 nitrogen and oxygen atoms in total. The van der Waals surface area contributed by atoms with Crippen molar-refractivity contribution in [1.29, 1.82) is 0 Å². The summed E-state index contributed by atoms with van der Waals surface area (Å²) in [7, 11) is 0. The highest BCUT2D eigenvalue weighted by molar-refractivity contribution is 5.87. The summed E-state index contributed by atoms with van der Waals surface area (Å²) in [5.41, 5.74) is -3.20. The predicted octanol–water partition coefficient (Wildman–Crippen LogP) is 4.40. The lowest BCUT2D eigenvalue weighted by Crippen LogP contribution is -2.49. The maximum absolute atomic E-state index is 12.4. The second-order valence-electron chi connectivity index (χ2n) is 5.22. The van der Waals surface area contributed by atoms with Gasteiger partial charge in [0.1, 0.15) is 0 Å². The van der Waals surface area contributed by atoms with E-state index in [0.717, 1.165) is 25.7 Å². The fourth-order valence-corrected chi connectivity index (χ4v) is 1.82. The van der Waals surface area contributed by atoms with Crippen LogP contribution in [0.3, 0.4) is 0 Å². The van der Waals surface area contributed by atoms with Crippen LogP contribution >= 0.6 is 0 Å². The fourth-order valence-electron chi connectivity index (χ4n) is 1.82. The van der Waals surface area contributed by atoms with E-state index in [1.807, 2.05) is 0 Å². The van der Waals surface area contributed by atoms with Crippen LogP contribution in [0.5, 0.6) is 0 Å². The highest BCUT2D eigenvalue weighted by atomic mass is 19.4. The summed E-state index contributed by atoms with van der Waals surface area (Å²) in [6.45, 7) is 2.66. The van der Waals surface area contributed by atoms with Crippen LogP contribution < -0.4 is 0 Å². The van der Waals surface area contributed by atoms with Crippen molar-refractivity contribution in [2.75, 3.05) is 0 Å². The van der Waals surface area contributed by atoms with Crippen molar-refractivity contribution in [2.24, 2.45) is 0 Å². The van der Waals surface area contributed by atoms with E-state index in [-0.39, 0.29) is 6.42 Å². The Bertz CT molecular complexity index is 260. The summed E-state index contributed by atoms with van der Waals surface area (Å²) in [5.74, 6) is -1.13. The highest BCUT2D eigenvalue weighted by Crippen LogP contribution is 2.32. The maximum atomic E-state index is 12.4. The van der Waals surface area contributed by atoms with Gasteiger partial charge >= 0.3 is 6.18 Å². The number of Topliss-reactive ketones (excluding diaryl/α,β-unsaturated/α-hetero) is 1. The zero-order valence-electron chi connectivity index (χ0n) is 11.9. The molecule has 0 saturated carbocycles. The van der Waals surface area contributed by atoms with Crippen LogP contribution in [0.2, 0.25) is 0 Å². The summed E-state index contributed by atoms with van der Waals surface area (Å²) < 4.78 is 37.1. The van der Waals surface area contributed by atoms with Crippen LogP contribution in [0.25, 0.3) is 0 Å². The lowest BCUT2D eigenvalue weighted by Gasteiger charge is -2.24. The van der Waals surface area contributed by atoms with Crippen LogP contribution in [0, 0.1) is 0 Å². The van der Waals surface area contributed by atoms with Crippen molar-refractivity contribution < 1.29 is 23.1 Å². The molecular weight excluding hydrogens is 257 g/mol. The summed E-state index contributed by atoms with van der Waals surface area (Å²) >= 11 is 0. The van der Waals surface area contributed by atoms with Crippen molar-refractivity contribution >= 4 is 5.78 Å². The molecule has 0 aliphatic heterocycles. The molecule has 0 aromatic heterocycles. The minimum atomic E-state index is -4.88. The smallest absolute Gasteiger partial charge is 0.374 e. The molecular formula is C14H25F3O2. The monoisotopic (exact) mass is 282 g/mol. The first-order valence-corrected chi connectivity index (χ1v) is 7.06. The number of ketones is 1. The third-order valence-corrected chi connectivity index (χ3v) is 3.35. The number of rotatable bonds is 10. The molecule has 0 bridgehead atoms. The van der Waals surface area contributed by atoms with Gasteiger partial charge in [0.05, 0.1) is 0 Å². The van der Waals surface area contributed by atoms with Gasteiger partial charge in [0, 0.05) is 6.42 Å². The normalized spacial score (nSPS) is 15.3. The zero-order chi connectivity index (χ0) is 14.9. The van der Waals surface area contributed by atoms with Crippen molar-refractivity contribution in [3.8, 4) is 0 Å². The van der Waals surface area contributed by atoms with Gasteiger partial charge in [0.2, 0.25) is 5.60 Å². The molecule has 19 heavy (non-hydrogen) atoms. The molecule has 0 fully saturated rings. The van der Waals surface area contributed by atoms with Crippen LogP contribution in [0.15, 0.2) is 0 Å². The van der Waals surface area contributed by atoms with E-state index in [9.17, 15) is 18.0 Å². The Labute approximate surface area is 113 Å². The molecule has 0 radical (unpaired) electrons. The Morgan fingerprint density at radius 3 is 1.79 bits per heavy atom. The van der Waals surface area contributed by atoms with E-state index in [1.54, 1.807) is 0 Å². The van der Waals surface area contributed by atoms with Gasteiger partial charge in [0.15, 0.2) is 5.78 Å². The first-order chi connectivity index (χ1) is 8.73. The summed E-state index contributed by atoms with van der Waals surface area (Å²) in [5, 5.41) is 9.14. The molecule has 1 unspecified atom stereocenters. The van der Waals surface area contributed by atoms with Gasteiger partial charge in [-0.2, -0.15) is 13.2 Å². The Morgan fingerprint density at radius 1 is 0.947 bits per heavy atom. The molecule has 0 spiro atoms. The van der Waals surface area contributed by atoms with E-state index in [4.69, 9.17) is 5.11 Å². The Balaban J connectivity index is 3.70. The number of unbranched alkanes of at least 4 members (excludes halogenated alkanes) is 7. The molecule has 114 valence electrons. The van der Waals surface area contributed by atoms with E-state index < -0.39 is 17.6 Å². The summed E-state index contributed by atoms with van der Waals surface area (Å²) in [6.07, 6.45) is 2.79. The summed E-state index contributed by atoms with van der Waals surface area (Å²) in [6, 6.07) is 0. The van der Waals surface area contributed by atoms with Gasteiger partial charge in [-0.1, -0.05) is 51.9 Å². The van der Waals surface area contributed by atoms with Crippen molar-refractivity contribution in [1.82, 2.24) is 0 Å². The average molecular weight is 282 g/mol. The topological polar surface area (TPSA) is 37.3 Å². The Morgan fingerprint density at radius 2 is 1.37 bits per heavy atom. The van der Waals surface area contributed by atoms with Crippen LogP contribution in [-0.2, 0) is 4.79 Å². The molecule has 0 saturated heterocycles. The van der Waals surface area contributed by atoms with Crippen LogP contribution in [0.4, 0.5) is 13.2 Å². The number of alkyl halides is 3. The number of halogens is 3. The number of carbonyl (C=O) groups is 1. The third-order valence-electron chi connectivity index (χ3n) is 3.35. The second kappa shape index (κ2) is 8.56. The molecule has 0 heterocycles. The van der Waals surface area contributed by atoms with Gasteiger partial charge in [-0.15, -0.1) is 0 Å². The molecule has 0 aliphatic carbocycles. The largest absolute Gasteiger partial charge is 0.424 e.